The van der Waals surface area contributed by atoms with Crippen LogP contribution in [-0.2, 0) is 7.05 Å². The summed E-state index contributed by atoms with van der Waals surface area (Å²) in [5.41, 5.74) is 0.736. The van der Waals surface area contributed by atoms with Crippen LogP contribution in [0.15, 0.2) is 53.3 Å². The van der Waals surface area contributed by atoms with Gasteiger partial charge in [-0.25, -0.2) is 4.98 Å². The average Bonchev–Trinajstić information content (AvgIpc) is 3.47. The van der Waals surface area contributed by atoms with Gasteiger partial charge in [0.2, 0.25) is 5.82 Å². The summed E-state index contributed by atoms with van der Waals surface area (Å²) in [6, 6.07) is 9.90. The molecule has 4 rings (SSSR count). The highest BCUT2D eigenvalue weighted by atomic mass is 16.5. The third-order valence-corrected chi connectivity index (χ3v) is 4.69. The van der Waals surface area contributed by atoms with Gasteiger partial charge in [-0.1, -0.05) is 5.16 Å². The maximum Gasteiger partial charge on any atom is 0.316 e. The standard InChI is InChI=1S/C24H25N7O5/c1-14(2)34-17-10-15(22(32)26-20-8-9-31(5)28-20)11-18(12-17)35-16-6-7-19(25-13-16)21-27-23(36-29-21)24(33)30(3)4/h6-14H,1-5H3,(H,26,28,32). The Balaban J connectivity index is 1.53. The molecule has 0 atom stereocenters. The van der Waals surface area contributed by atoms with Crippen LogP contribution in [0.2, 0.25) is 0 Å². The Hall–Kier alpha value is -4.74. The van der Waals surface area contributed by atoms with E-state index in [4.69, 9.17) is 14.0 Å². The monoisotopic (exact) mass is 491 g/mol. The first kappa shape index (κ1) is 24.4. The van der Waals surface area contributed by atoms with Crippen molar-refractivity contribution >= 4 is 17.6 Å². The zero-order chi connectivity index (χ0) is 25.8. The molecule has 3 aromatic heterocycles. The lowest BCUT2D eigenvalue weighted by atomic mass is 10.2. The summed E-state index contributed by atoms with van der Waals surface area (Å²) >= 11 is 0. The van der Waals surface area contributed by atoms with Crippen molar-refractivity contribution in [3.05, 3.63) is 60.2 Å². The van der Waals surface area contributed by atoms with E-state index in [2.05, 4.69) is 25.5 Å². The van der Waals surface area contributed by atoms with Crippen LogP contribution in [0, 0.1) is 0 Å². The quantitative estimate of drug-likeness (QED) is 0.393. The molecule has 0 unspecified atom stereocenters. The molecule has 0 saturated carbocycles. The minimum absolute atomic E-state index is 0.105. The average molecular weight is 492 g/mol. The Labute approximate surface area is 206 Å². The summed E-state index contributed by atoms with van der Waals surface area (Å²) in [6.45, 7) is 3.78. The number of carbonyl (C=O) groups is 2. The van der Waals surface area contributed by atoms with Crippen molar-refractivity contribution in [2.45, 2.75) is 20.0 Å². The molecule has 12 heteroatoms. The van der Waals surface area contributed by atoms with Crippen LogP contribution in [0.25, 0.3) is 11.5 Å². The molecular formula is C24H25N7O5. The maximum absolute atomic E-state index is 12.8. The molecule has 0 fully saturated rings. The zero-order valence-corrected chi connectivity index (χ0v) is 20.4. The second kappa shape index (κ2) is 10.3. The number of aryl methyl sites for hydroxylation is 1. The summed E-state index contributed by atoms with van der Waals surface area (Å²) in [7, 11) is 4.94. The summed E-state index contributed by atoms with van der Waals surface area (Å²) < 4.78 is 18.3. The van der Waals surface area contributed by atoms with Crippen molar-refractivity contribution in [3.8, 4) is 28.8 Å². The Morgan fingerprint density at radius 2 is 1.86 bits per heavy atom. The van der Waals surface area contributed by atoms with E-state index in [-0.39, 0.29) is 23.7 Å². The van der Waals surface area contributed by atoms with Crippen LogP contribution in [0.1, 0.15) is 34.9 Å². The molecule has 36 heavy (non-hydrogen) atoms. The number of hydrogen-bond acceptors (Lipinski definition) is 9. The molecule has 0 spiro atoms. The van der Waals surface area contributed by atoms with E-state index in [0.717, 1.165) is 0 Å². The van der Waals surface area contributed by atoms with Crippen molar-refractivity contribution in [2.75, 3.05) is 19.4 Å². The van der Waals surface area contributed by atoms with Gasteiger partial charge in [0.25, 0.3) is 5.91 Å². The lowest BCUT2D eigenvalue weighted by Gasteiger charge is -2.14. The lowest BCUT2D eigenvalue weighted by Crippen LogP contribution is -2.21. The molecule has 12 nitrogen and oxygen atoms in total. The zero-order valence-electron chi connectivity index (χ0n) is 20.4. The van der Waals surface area contributed by atoms with Crippen LogP contribution < -0.4 is 14.8 Å². The van der Waals surface area contributed by atoms with Crippen LogP contribution in [0.5, 0.6) is 17.2 Å². The molecule has 0 aliphatic heterocycles. The minimum atomic E-state index is -0.403. The van der Waals surface area contributed by atoms with Gasteiger partial charge in [-0.2, -0.15) is 10.1 Å². The van der Waals surface area contributed by atoms with Crippen molar-refractivity contribution in [1.29, 1.82) is 0 Å². The number of amides is 2. The van der Waals surface area contributed by atoms with Gasteiger partial charge in [-0.05, 0) is 38.1 Å². The fraction of sp³-hybridized carbons (Fsp3) is 0.250. The third kappa shape index (κ3) is 5.84. The molecule has 3 heterocycles. The van der Waals surface area contributed by atoms with E-state index in [1.165, 1.54) is 11.1 Å². The van der Waals surface area contributed by atoms with E-state index in [1.807, 2.05) is 13.8 Å². The molecule has 0 radical (unpaired) electrons. The predicted octanol–water partition coefficient (Wildman–Crippen LogP) is 3.40. The van der Waals surface area contributed by atoms with Crippen LogP contribution in [0.4, 0.5) is 5.82 Å². The molecular weight excluding hydrogens is 466 g/mol. The topological polar surface area (TPSA) is 138 Å². The minimum Gasteiger partial charge on any atom is -0.491 e. The third-order valence-electron chi connectivity index (χ3n) is 4.69. The smallest absolute Gasteiger partial charge is 0.316 e. The van der Waals surface area contributed by atoms with Crippen LogP contribution in [0.3, 0.4) is 0 Å². The molecule has 0 saturated heterocycles. The Morgan fingerprint density at radius 3 is 2.50 bits per heavy atom. The highest BCUT2D eigenvalue weighted by molar-refractivity contribution is 6.04. The molecule has 0 aliphatic carbocycles. The van der Waals surface area contributed by atoms with E-state index >= 15 is 0 Å². The number of pyridine rings is 1. The number of nitrogens with one attached hydrogen (secondary N) is 1. The fourth-order valence-corrected chi connectivity index (χ4v) is 3.09. The van der Waals surface area contributed by atoms with Gasteiger partial charge in [0.1, 0.15) is 22.9 Å². The number of benzene rings is 1. The van der Waals surface area contributed by atoms with Gasteiger partial charge >= 0.3 is 11.8 Å². The first-order valence-electron chi connectivity index (χ1n) is 11.0. The van der Waals surface area contributed by atoms with Crippen molar-refractivity contribution < 1.29 is 23.6 Å². The number of anilines is 1. The number of carbonyl (C=O) groups excluding carboxylic acids is 2. The molecule has 0 bridgehead atoms. The van der Waals surface area contributed by atoms with Crippen molar-refractivity contribution in [3.63, 3.8) is 0 Å². The molecule has 2 amide bonds. The molecule has 4 aromatic rings. The predicted molar refractivity (Wildman–Crippen MR) is 129 cm³/mol. The Kier molecular flexibility index (Phi) is 6.95. The highest BCUT2D eigenvalue weighted by Crippen LogP contribution is 2.29. The van der Waals surface area contributed by atoms with Gasteiger partial charge in [-0.3, -0.25) is 14.3 Å². The fourth-order valence-electron chi connectivity index (χ4n) is 3.09. The first-order valence-corrected chi connectivity index (χ1v) is 11.0. The molecule has 1 aromatic carbocycles. The molecule has 0 aliphatic rings. The van der Waals surface area contributed by atoms with Gasteiger partial charge in [0.15, 0.2) is 5.82 Å². The Morgan fingerprint density at radius 1 is 1.08 bits per heavy atom. The van der Waals surface area contributed by atoms with Gasteiger partial charge < -0.3 is 24.2 Å². The second-order valence-corrected chi connectivity index (χ2v) is 8.29. The summed E-state index contributed by atoms with van der Waals surface area (Å²) in [4.78, 5) is 34.5. The maximum atomic E-state index is 12.8. The van der Waals surface area contributed by atoms with Gasteiger partial charge in [0.05, 0.1) is 12.3 Å². The van der Waals surface area contributed by atoms with E-state index in [0.29, 0.717) is 34.3 Å². The number of hydrogen-bond donors (Lipinski definition) is 1. The number of nitrogens with zero attached hydrogens (tertiary/aromatic N) is 6. The molecule has 1 N–H and O–H groups in total. The highest BCUT2D eigenvalue weighted by Gasteiger charge is 2.18. The van der Waals surface area contributed by atoms with E-state index < -0.39 is 5.91 Å². The van der Waals surface area contributed by atoms with E-state index in [1.54, 1.807) is 68.4 Å². The van der Waals surface area contributed by atoms with Crippen molar-refractivity contribution in [2.24, 2.45) is 7.05 Å². The van der Waals surface area contributed by atoms with Crippen LogP contribution in [-0.4, -0.2) is 61.8 Å². The van der Waals surface area contributed by atoms with E-state index in [9.17, 15) is 9.59 Å². The van der Waals surface area contributed by atoms with Gasteiger partial charge in [-0.15, -0.1) is 0 Å². The Bertz CT molecular complexity index is 1380. The SMILES string of the molecule is CC(C)Oc1cc(Oc2ccc(-c3noc(C(=O)N(C)C)n3)nc2)cc(C(=O)Nc2ccn(C)n2)c1. The number of rotatable bonds is 8. The largest absolute Gasteiger partial charge is 0.491 e. The number of ether oxygens (including phenoxy) is 2. The normalized spacial score (nSPS) is 10.8. The van der Waals surface area contributed by atoms with Gasteiger partial charge in [0, 0.05) is 45.0 Å². The van der Waals surface area contributed by atoms with Crippen LogP contribution >= 0.6 is 0 Å². The summed E-state index contributed by atoms with van der Waals surface area (Å²) in [5.74, 6) is 0.974. The van der Waals surface area contributed by atoms with Crippen molar-refractivity contribution in [1.82, 2.24) is 29.8 Å². The summed E-state index contributed by atoms with van der Waals surface area (Å²) in [6.07, 6.45) is 3.10. The number of aromatic nitrogens is 5. The lowest BCUT2D eigenvalue weighted by molar-refractivity contribution is 0.0779. The first-order chi connectivity index (χ1) is 17.2. The second-order valence-electron chi connectivity index (χ2n) is 8.29. The summed E-state index contributed by atoms with van der Waals surface area (Å²) in [5, 5.41) is 10.7. The molecule has 186 valence electrons.